The molecule has 1 heterocycles. The lowest BCUT2D eigenvalue weighted by Gasteiger charge is -2.26. The number of imidazole rings is 1. The molecule has 0 saturated heterocycles. The standard InChI is InChI=1S/C36H59N13O13/c1-18(2)10-24(33(59)61-6)49-32(58)23(13-28(53)54)48-31(57)21(11-19-14-40-17-44-19)47-30(56)20(8-7-9-41-34(38)39)45-26(51)15-42-29(55)22(12-25(37)50)46-27(52)16-43-35(60)62-36(3,4)5/h14,17-18,20-24H,7-13,15-16H2,1-6H3,(H2,37,50)(H,40,44)(H,42,55)(H,43,60)(H,45,51)(H,46,52)(H,47,56)(H,48,57)(H,49,58)(H,53,54)(H4,38,39,41). The number of aliphatic carboxylic acids is 1. The average Bonchev–Trinajstić information content (AvgIpc) is 3.67. The van der Waals surface area contributed by atoms with E-state index in [2.05, 4.69) is 52.2 Å². The minimum Gasteiger partial charge on any atom is -0.481 e. The molecule has 0 bridgehead atoms. The van der Waals surface area contributed by atoms with Crippen molar-refractivity contribution in [1.29, 1.82) is 0 Å². The van der Waals surface area contributed by atoms with Gasteiger partial charge in [-0.05, 0) is 46.0 Å². The first-order valence-corrected chi connectivity index (χ1v) is 19.3. The lowest BCUT2D eigenvalue weighted by atomic mass is 10.0. The van der Waals surface area contributed by atoms with Crippen molar-refractivity contribution in [3.63, 3.8) is 0 Å². The molecule has 0 aliphatic heterocycles. The largest absolute Gasteiger partial charge is 0.481 e. The second-order valence-corrected chi connectivity index (χ2v) is 15.1. The monoisotopic (exact) mass is 881 g/mol. The maximum Gasteiger partial charge on any atom is 0.408 e. The quantitative estimate of drug-likeness (QED) is 0.0181. The van der Waals surface area contributed by atoms with Crippen LogP contribution >= 0.6 is 0 Å². The van der Waals surface area contributed by atoms with E-state index < -0.39 is 121 Å². The van der Waals surface area contributed by atoms with Gasteiger partial charge in [0.15, 0.2) is 5.96 Å². The third kappa shape index (κ3) is 22.4. The van der Waals surface area contributed by atoms with Crippen LogP contribution in [0.1, 0.15) is 72.4 Å². The van der Waals surface area contributed by atoms with Crippen LogP contribution in [0.15, 0.2) is 17.5 Å². The molecule has 0 saturated carbocycles. The molecule has 5 atom stereocenters. The van der Waals surface area contributed by atoms with Gasteiger partial charge in [-0.25, -0.2) is 14.6 Å². The zero-order valence-corrected chi connectivity index (χ0v) is 35.5. The van der Waals surface area contributed by atoms with Crippen LogP contribution in [0, 0.1) is 5.92 Å². The molecule has 0 radical (unpaired) electrons. The number of aliphatic imine (C=N–C) groups is 1. The number of carbonyl (C=O) groups is 10. The third-order valence-corrected chi connectivity index (χ3v) is 8.00. The SMILES string of the molecule is COC(=O)C(CC(C)C)NC(=O)C(CC(=O)O)NC(=O)C(Cc1cnc[nH]1)NC(=O)C(CCCN=C(N)N)NC(=O)CNC(=O)C(CC(N)=O)NC(=O)CNC(=O)OC(C)(C)C. The summed E-state index contributed by atoms with van der Waals surface area (Å²) in [5.41, 5.74) is 15.5. The van der Waals surface area contributed by atoms with Gasteiger partial charge >= 0.3 is 18.0 Å². The van der Waals surface area contributed by atoms with Crippen molar-refractivity contribution < 1.29 is 62.5 Å². The van der Waals surface area contributed by atoms with Crippen molar-refractivity contribution in [3.8, 4) is 0 Å². The number of alkyl carbamates (subject to hydrolysis) is 1. The van der Waals surface area contributed by atoms with Gasteiger partial charge in [-0.15, -0.1) is 0 Å². The number of nitrogens with two attached hydrogens (primary N) is 3. The van der Waals surface area contributed by atoms with Crippen LogP contribution in [0.25, 0.3) is 0 Å². The Morgan fingerprint density at radius 1 is 0.774 bits per heavy atom. The fourth-order valence-corrected chi connectivity index (χ4v) is 5.28. The summed E-state index contributed by atoms with van der Waals surface area (Å²) in [6.07, 6.45) is -0.0998. The molecule has 8 amide bonds. The number of H-pyrrole nitrogens is 1. The second kappa shape index (κ2) is 26.2. The lowest BCUT2D eigenvalue weighted by molar-refractivity contribution is -0.146. The normalized spacial score (nSPS) is 13.3. The summed E-state index contributed by atoms with van der Waals surface area (Å²) >= 11 is 0. The number of ether oxygens (including phenoxy) is 2. The number of nitrogens with one attached hydrogen (secondary N) is 8. The first-order chi connectivity index (χ1) is 28.9. The first-order valence-electron chi connectivity index (χ1n) is 19.3. The van der Waals surface area contributed by atoms with Crippen LogP contribution in [0.5, 0.6) is 0 Å². The predicted octanol–water partition coefficient (Wildman–Crippen LogP) is -4.36. The Balaban J connectivity index is 3.25. The number of carbonyl (C=O) groups excluding carboxylic acids is 9. The summed E-state index contributed by atoms with van der Waals surface area (Å²) in [7, 11) is 1.11. The molecular weight excluding hydrogens is 822 g/mol. The van der Waals surface area contributed by atoms with E-state index >= 15 is 0 Å². The Morgan fingerprint density at radius 3 is 1.85 bits per heavy atom. The number of hydrogen-bond acceptors (Lipinski definition) is 14. The number of amides is 8. The van der Waals surface area contributed by atoms with Crippen LogP contribution in [0.4, 0.5) is 4.79 Å². The number of aromatic amines is 1. The fourth-order valence-electron chi connectivity index (χ4n) is 5.28. The summed E-state index contributed by atoms with van der Waals surface area (Å²) in [6, 6.07) is -7.44. The van der Waals surface area contributed by atoms with E-state index in [-0.39, 0.29) is 44.1 Å². The smallest absolute Gasteiger partial charge is 0.408 e. The number of nitrogens with zero attached hydrogens (tertiary/aromatic N) is 2. The van der Waals surface area contributed by atoms with E-state index in [1.54, 1.807) is 34.6 Å². The molecule has 5 unspecified atom stereocenters. The molecular formula is C36H59N13O13. The lowest BCUT2D eigenvalue weighted by Crippen LogP contribution is -2.59. The number of methoxy groups -OCH3 is 1. The summed E-state index contributed by atoms with van der Waals surface area (Å²) in [4.78, 5) is 138. The molecule has 1 aromatic rings. The predicted molar refractivity (Wildman–Crippen MR) is 217 cm³/mol. The van der Waals surface area contributed by atoms with Gasteiger partial charge in [0.2, 0.25) is 41.4 Å². The maximum absolute atomic E-state index is 13.8. The number of esters is 1. The molecule has 26 nitrogen and oxygen atoms in total. The zero-order chi connectivity index (χ0) is 47.2. The van der Waals surface area contributed by atoms with Gasteiger partial charge < -0.3 is 74.0 Å². The fraction of sp³-hybridized carbons (Fsp3) is 0.611. The van der Waals surface area contributed by atoms with E-state index in [4.69, 9.17) is 26.7 Å². The second-order valence-electron chi connectivity index (χ2n) is 15.1. The molecule has 26 heteroatoms. The molecule has 0 fully saturated rings. The number of carboxylic acid groups (broad SMARTS) is 1. The molecule has 0 aliphatic rings. The van der Waals surface area contributed by atoms with Gasteiger partial charge in [0.1, 0.15) is 42.4 Å². The highest BCUT2D eigenvalue weighted by atomic mass is 16.6. The number of rotatable bonds is 26. The van der Waals surface area contributed by atoms with E-state index in [9.17, 15) is 53.1 Å². The van der Waals surface area contributed by atoms with Crippen LogP contribution in [0.2, 0.25) is 0 Å². The topological polar surface area (TPSA) is 413 Å². The highest BCUT2D eigenvalue weighted by Gasteiger charge is 2.33. The van der Waals surface area contributed by atoms with Crippen molar-refractivity contribution in [2.75, 3.05) is 26.7 Å². The molecule has 62 heavy (non-hydrogen) atoms. The highest BCUT2D eigenvalue weighted by Crippen LogP contribution is 2.09. The van der Waals surface area contributed by atoms with Crippen molar-refractivity contribution >= 4 is 65.3 Å². The van der Waals surface area contributed by atoms with Crippen molar-refractivity contribution in [1.82, 2.24) is 47.2 Å². The minimum atomic E-state index is -1.73. The van der Waals surface area contributed by atoms with Crippen LogP contribution in [-0.2, 0) is 59.0 Å². The van der Waals surface area contributed by atoms with Crippen LogP contribution in [-0.4, -0.2) is 143 Å². The van der Waals surface area contributed by atoms with Crippen LogP contribution in [0.3, 0.4) is 0 Å². The summed E-state index contributed by atoms with van der Waals surface area (Å²) in [5.74, 6) is -9.52. The van der Waals surface area contributed by atoms with Crippen LogP contribution < -0.4 is 54.4 Å². The Kier molecular flexibility index (Phi) is 22.4. The van der Waals surface area contributed by atoms with E-state index in [1.807, 2.05) is 0 Å². The molecule has 0 aromatic carbocycles. The van der Waals surface area contributed by atoms with Crippen molar-refractivity contribution in [2.45, 2.75) is 109 Å². The molecule has 1 aromatic heterocycles. The van der Waals surface area contributed by atoms with Gasteiger partial charge in [-0.2, -0.15) is 0 Å². The van der Waals surface area contributed by atoms with Gasteiger partial charge in [-0.3, -0.25) is 43.3 Å². The number of primary amides is 1. The number of aromatic nitrogens is 2. The third-order valence-electron chi connectivity index (χ3n) is 8.00. The Bertz CT molecular complexity index is 1760. The van der Waals surface area contributed by atoms with E-state index in [1.165, 1.54) is 12.5 Å². The number of hydrogen-bond donors (Lipinski definition) is 12. The molecule has 15 N–H and O–H groups in total. The Hall–Kier alpha value is -7.02. The zero-order valence-electron chi connectivity index (χ0n) is 35.5. The number of carboxylic acids is 1. The van der Waals surface area contributed by atoms with Crippen molar-refractivity contribution in [2.24, 2.45) is 28.1 Å². The molecule has 0 aliphatic carbocycles. The van der Waals surface area contributed by atoms with Gasteiger partial charge in [-0.1, -0.05) is 13.8 Å². The minimum absolute atomic E-state index is 0.00339. The summed E-state index contributed by atoms with van der Waals surface area (Å²) < 4.78 is 9.79. The highest BCUT2D eigenvalue weighted by molar-refractivity contribution is 5.97. The van der Waals surface area contributed by atoms with Gasteiger partial charge in [0, 0.05) is 24.9 Å². The van der Waals surface area contributed by atoms with E-state index in [0.717, 1.165) is 7.11 Å². The molecule has 0 spiro atoms. The summed E-state index contributed by atoms with van der Waals surface area (Å²) in [5, 5.41) is 25.8. The number of guanidine groups is 1. The molecule has 1 rings (SSSR count). The summed E-state index contributed by atoms with van der Waals surface area (Å²) in [6.45, 7) is 6.90. The first kappa shape index (κ1) is 53.0. The average molecular weight is 882 g/mol. The Labute approximate surface area is 356 Å². The maximum atomic E-state index is 13.8. The van der Waals surface area contributed by atoms with Gasteiger partial charge in [0.05, 0.1) is 32.8 Å². The van der Waals surface area contributed by atoms with Gasteiger partial charge in [0.25, 0.3) is 0 Å². The molecule has 346 valence electrons. The van der Waals surface area contributed by atoms with Crippen molar-refractivity contribution in [3.05, 3.63) is 18.2 Å². The Morgan fingerprint density at radius 2 is 1.32 bits per heavy atom. The van der Waals surface area contributed by atoms with E-state index in [0.29, 0.717) is 5.69 Å².